The molecule has 5 nitrogen and oxygen atoms in total. The van der Waals surface area contributed by atoms with Gasteiger partial charge in [0.05, 0.1) is 31.3 Å². The Morgan fingerprint density at radius 1 is 1.16 bits per heavy atom. The fourth-order valence-electron chi connectivity index (χ4n) is 2.42. The first-order chi connectivity index (χ1) is 12.1. The largest absolute Gasteiger partial charge is 0.496 e. The minimum absolute atomic E-state index is 0.236. The number of thiophene rings is 1. The number of rotatable bonds is 6. The Labute approximate surface area is 154 Å². The number of aryl methyl sites for hydroxylation is 1. The lowest BCUT2D eigenvalue weighted by Gasteiger charge is -2.12. The van der Waals surface area contributed by atoms with Gasteiger partial charge in [0.25, 0.3) is 5.91 Å². The van der Waals surface area contributed by atoms with E-state index in [2.05, 4.69) is 10.3 Å². The summed E-state index contributed by atoms with van der Waals surface area (Å²) in [6, 6.07) is 9.32. The van der Waals surface area contributed by atoms with Crippen LogP contribution in [0.25, 0.3) is 9.88 Å². The minimum Gasteiger partial charge on any atom is -0.496 e. The van der Waals surface area contributed by atoms with Crippen LogP contribution in [0.2, 0.25) is 0 Å². The number of thiazole rings is 1. The van der Waals surface area contributed by atoms with Crippen LogP contribution in [0.15, 0.2) is 35.7 Å². The van der Waals surface area contributed by atoms with Crippen LogP contribution in [0.5, 0.6) is 11.5 Å². The number of carbonyl (C=O) groups excluding carboxylic acids is 1. The zero-order valence-corrected chi connectivity index (χ0v) is 15.8. The van der Waals surface area contributed by atoms with Gasteiger partial charge in [-0.2, -0.15) is 0 Å². The monoisotopic (exact) mass is 374 g/mol. The van der Waals surface area contributed by atoms with Crippen LogP contribution in [0, 0.1) is 6.92 Å². The predicted molar refractivity (Wildman–Crippen MR) is 101 cm³/mol. The molecule has 0 unspecified atom stereocenters. The maximum atomic E-state index is 12.6. The van der Waals surface area contributed by atoms with E-state index in [-0.39, 0.29) is 5.91 Å². The number of amides is 1. The average molecular weight is 374 g/mol. The van der Waals surface area contributed by atoms with Crippen molar-refractivity contribution in [2.24, 2.45) is 0 Å². The van der Waals surface area contributed by atoms with Crippen molar-refractivity contribution in [2.45, 2.75) is 13.5 Å². The Kier molecular flexibility index (Phi) is 5.35. The molecule has 1 aromatic carbocycles. The molecule has 130 valence electrons. The number of aromatic nitrogens is 1. The van der Waals surface area contributed by atoms with Crippen LogP contribution in [0.1, 0.15) is 20.9 Å². The molecule has 3 aromatic rings. The second-order valence-corrected chi connectivity index (χ2v) is 7.26. The Morgan fingerprint density at radius 2 is 1.88 bits per heavy atom. The van der Waals surface area contributed by atoms with E-state index in [9.17, 15) is 4.79 Å². The lowest BCUT2D eigenvalue weighted by atomic mass is 10.1. The summed E-state index contributed by atoms with van der Waals surface area (Å²) in [7, 11) is 3.07. The fourth-order valence-corrected chi connectivity index (χ4v) is 4.22. The summed E-state index contributed by atoms with van der Waals surface area (Å²) in [5.41, 5.74) is 1.33. The standard InChI is InChI=1S/C18H18N2O3S2/c1-11-15(25-18(20-11)14-8-5-9-24-14)10-19-17(21)16-12(22-2)6-4-7-13(16)23-3/h4-9H,10H2,1-3H3,(H,19,21). The highest BCUT2D eigenvalue weighted by molar-refractivity contribution is 7.21. The fraction of sp³-hybridized carbons (Fsp3) is 0.222. The van der Waals surface area contributed by atoms with Crippen molar-refractivity contribution >= 4 is 28.6 Å². The van der Waals surface area contributed by atoms with E-state index in [0.717, 1.165) is 20.5 Å². The van der Waals surface area contributed by atoms with Crippen LogP contribution in [0.4, 0.5) is 0 Å². The van der Waals surface area contributed by atoms with Crippen molar-refractivity contribution < 1.29 is 14.3 Å². The van der Waals surface area contributed by atoms with Crippen LogP contribution in [-0.4, -0.2) is 25.1 Å². The van der Waals surface area contributed by atoms with E-state index < -0.39 is 0 Å². The van der Waals surface area contributed by atoms with E-state index in [1.807, 2.05) is 24.4 Å². The Bertz CT molecular complexity index is 850. The Morgan fingerprint density at radius 3 is 2.48 bits per heavy atom. The number of nitrogens with zero attached hydrogens (tertiary/aromatic N) is 1. The smallest absolute Gasteiger partial charge is 0.259 e. The molecule has 0 aliphatic carbocycles. The molecule has 0 fully saturated rings. The van der Waals surface area contributed by atoms with E-state index in [1.54, 1.807) is 40.9 Å². The molecule has 0 radical (unpaired) electrons. The third-order valence-corrected chi connectivity index (χ3v) is 5.89. The molecule has 3 rings (SSSR count). The quantitative estimate of drug-likeness (QED) is 0.705. The summed E-state index contributed by atoms with van der Waals surface area (Å²) < 4.78 is 10.6. The van der Waals surface area contributed by atoms with Gasteiger partial charge in [0.15, 0.2) is 0 Å². The van der Waals surface area contributed by atoms with Crippen molar-refractivity contribution in [2.75, 3.05) is 14.2 Å². The summed E-state index contributed by atoms with van der Waals surface area (Å²) in [5.74, 6) is 0.731. The minimum atomic E-state index is -0.236. The zero-order valence-electron chi connectivity index (χ0n) is 14.2. The van der Waals surface area contributed by atoms with Crippen LogP contribution in [0.3, 0.4) is 0 Å². The highest BCUT2D eigenvalue weighted by atomic mass is 32.1. The van der Waals surface area contributed by atoms with Gasteiger partial charge in [-0.05, 0) is 30.5 Å². The van der Waals surface area contributed by atoms with Crippen molar-refractivity contribution in [3.05, 3.63) is 51.8 Å². The summed E-state index contributed by atoms with van der Waals surface area (Å²) in [6.07, 6.45) is 0. The molecule has 1 N–H and O–H groups in total. The van der Waals surface area contributed by atoms with Gasteiger partial charge in [-0.1, -0.05) is 12.1 Å². The average Bonchev–Trinajstić information content (AvgIpc) is 3.28. The molecule has 1 amide bonds. The molecule has 7 heteroatoms. The van der Waals surface area contributed by atoms with Gasteiger partial charge in [-0.15, -0.1) is 22.7 Å². The molecule has 0 aliphatic rings. The van der Waals surface area contributed by atoms with E-state index in [4.69, 9.17) is 9.47 Å². The Hall–Kier alpha value is -2.38. The summed E-state index contributed by atoms with van der Waals surface area (Å²) in [6.45, 7) is 2.37. The van der Waals surface area contributed by atoms with Crippen LogP contribution in [-0.2, 0) is 6.54 Å². The van der Waals surface area contributed by atoms with E-state index >= 15 is 0 Å². The molecule has 0 aliphatic heterocycles. The SMILES string of the molecule is COc1cccc(OC)c1C(=O)NCc1sc(-c2cccs2)nc1C. The van der Waals surface area contributed by atoms with Gasteiger partial charge >= 0.3 is 0 Å². The Balaban J connectivity index is 1.77. The lowest BCUT2D eigenvalue weighted by molar-refractivity contribution is 0.0945. The van der Waals surface area contributed by atoms with Crippen molar-refractivity contribution in [1.29, 1.82) is 0 Å². The predicted octanol–water partition coefficient (Wildman–Crippen LogP) is 4.13. The molecule has 2 heterocycles. The first kappa shape index (κ1) is 17.4. The highest BCUT2D eigenvalue weighted by Gasteiger charge is 2.19. The van der Waals surface area contributed by atoms with E-state index in [1.165, 1.54) is 14.2 Å². The number of benzene rings is 1. The number of carbonyl (C=O) groups is 1. The first-order valence-electron chi connectivity index (χ1n) is 7.63. The van der Waals surface area contributed by atoms with Gasteiger partial charge in [-0.25, -0.2) is 4.98 Å². The van der Waals surface area contributed by atoms with Gasteiger partial charge in [-0.3, -0.25) is 4.79 Å². The highest BCUT2D eigenvalue weighted by Crippen LogP contribution is 2.31. The lowest BCUT2D eigenvalue weighted by Crippen LogP contribution is -2.24. The van der Waals surface area contributed by atoms with Crippen LogP contribution < -0.4 is 14.8 Å². The second-order valence-electron chi connectivity index (χ2n) is 5.23. The van der Waals surface area contributed by atoms with Gasteiger partial charge in [0.2, 0.25) is 0 Å². The topological polar surface area (TPSA) is 60.5 Å². The van der Waals surface area contributed by atoms with Gasteiger partial charge < -0.3 is 14.8 Å². The molecule has 2 aromatic heterocycles. The normalized spacial score (nSPS) is 10.5. The van der Waals surface area contributed by atoms with Crippen molar-refractivity contribution in [3.8, 4) is 21.4 Å². The number of methoxy groups -OCH3 is 2. The molecule has 0 saturated heterocycles. The third-order valence-electron chi connectivity index (χ3n) is 3.69. The maximum Gasteiger partial charge on any atom is 0.259 e. The van der Waals surface area contributed by atoms with Crippen molar-refractivity contribution in [3.63, 3.8) is 0 Å². The first-order valence-corrected chi connectivity index (χ1v) is 9.33. The molecule has 0 saturated carbocycles. The molecule has 25 heavy (non-hydrogen) atoms. The van der Waals surface area contributed by atoms with E-state index in [0.29, 0.717) is 23.6 Å². The van der Waals surface area contributed by atoms with Gasteiger partial charge in [0, 0.05) is 4.88 Å². The third kappa shape index (κ3) is 3.67. The molecular weight excluding hydrogens is 356 g/mol. The molecule has 0 bridgehead atoms. The molecule has 0 atom stereocenters. The summed E-state index contributed by atoms with van der Waals surface area (Å²) in [5, 5.41) is 5.95. The number of ether oxygens (including phenoxy) is 2. The van der Waals surface area contributed by atoms with Crippen molar-refractivity contribution in [1.82, 2.24) is 10.3 Å². The summed E-state index contributed by atoms with van der Waals surface area (Å²) in [4.78, 5) is 19.4. The van der Waals surface area contributed by atoms with Crippen LogP contribution >= 0.6 is 22.7 Å². The molecule has 0 spiro atoms. The van der Waals surface area contributed by atoms with Gasteiger partial charge in [0.1, 0.15) is 22.1 Å². The number of hydrogen-bond acceptors (Lipinski definition) is 6. The number of hydrogen-bond donors (Lipinski definition) is 1. The maximum absolute atomic E-state index is 12.6. The summed E-state index contributed by atoms with van der Waals surface area (Å²) >= 11 is 3.25. The second kappa shape index (κ2) is 7.67. The number of nitrogens with one attached hydrogen (secondary N) is 1. The zero-order chi connectivity index (χ0) is 17.8. The molecular formula is C18H18N2O3S2.